The third-order valence-corrected chi connectivity index (χ3v) is 2.24. The molecule has 0 aliphatic heterocycles. The number of rotatable bonds is 1. The molecule has 0 spiro atoms. The fourth-order valence-electron chi connectivity index (χ4n) is 1.43. The van der Waals surface area contributed by atoms with Gasteiger partial charge in [-0.15, -0.1) is 0 Å². The van der Waals surface area contributed by atoms with Crippen LogP contribution in [0.25, 0.3) is 0 Å². The topological polar surface area (TPSA) is 12.4 Å². The Labute approximate surface area is 57.2 Å². The Balaban J connectivity index is 2.26. The van der Waals surface area contributed by atoms with Crippen molar-refractivity contribution in [1.29, 1.82) is 0 Å². The van der Waals surface area contributed by atoms with E-state index in [1.807, 2.05) is 0 Å². The van der Waals surface area contributed by atoms with Gasteiger partial charge >= 0.3 is 0 Å². The van der Waals surface area contributed by atoms with Crippen LogP contribution in [0.1, 0.15) is 32.6 Å². The minimum atomic E-state index is 0.584. The molecule has 1 saturated carbocycles. The summed E-state index contributed by atoms with van der Waals surface area (Å²) in [5, 5.41) is 0. The first kappa shape index (κ1) is 6.79. The maximum absolute atomic E-state index is 4.03. The van der Waals surface area contributed by atoms with Crippen LogP contribution < -0.4 is 0 Å². The Kier molecular flexibility index (Phi) is 2.26. The first-order valence-electron chi connectivity index (χ1n) is 3.78. The molecule has 0 aromatic carbocycles. The quantitative estimate of drug-likeness (QED) is 0.477. The van der Waals surface area contributed by atoms with Gasteiger partial charge in [-0.1, -0.05) is 6.92 Å². The summed E-state index contributed by atoms with van der Waals surface area (Å²) in [6.07, 6.45) is 5.24. The zero-order valence-corrected chi connectivity index (χ0v) is 6.14. The van der Waals surface area contributed by atoms with Crippen molar-refractivity contribution in [2.75, 3.05) is 0 Å². The summed E-state index contributed by atoms with van der Waals surface area (Å²) in [6, 6.07) is 0.584. The smallest absolute Gasteiger partial charge is 0.0492 e. The second-order valence-electron chi connectivity index (χ2n) is 3.10. The Bertz CT molecular complexity index is 90.7. The van der Waals surface area contributed by atoms with Crippen molar-refractivity contribution < 1.29 is 0 Å². The standard InChI is InChI=1S/C8H15N/c1-7-3-5-8(9-2)6-4-7/h7-8H,2-6H2,1H3/t7-,8+. The number of aliphatic imine (C=N–C) groups is 1. The molecule has 1 aliphatic carbocycles. The maximum Gasteiger partial charge on any atom is 0.0492 e. The minimum Gasteiger partial charge on any atom is -0.298 e. The lowest BCUT2D eigenvalue weighted by Gasteiger charge is -2.22. The van der Waals surface area contributed by atoms with Gasteiger partial charge < -0.3 is 0 Å². The van der Waals surface area contributed by atoms with Gasteiger partial charge in [-0.2, -0.15) is 0 Å². The van der Waals surface area contributed by atoms with Crippen molar-refractivity contribution in [2.45, 2.75) is 38.6 Å². The number of hydrogen-bond acceptors (Lipinski definition) is 1. The average Bonchev–Trinajstić information content (AvgIpc) is 1.90. The van der Waals surface area contributed by atoms with Crippen LogP contribution in [0.5, 0.6) is 0 Å². The molecule has 9 heavy (non-hydrogen) atoms. The first-order chi connectivity index (χ1) is 4.33. The summed E-state index contributed by atoms with van der Waals surface area (Å²) in [6.45, 7) is 5.88. The van der Waals surface area contributed by atoms with E-state index in [1.165, 1.54) is 25.7 Å². The maximum atomic E-state index is 4.03. The SMILES string of the molecule is C=N[C@H]1CC[C@@H](C)CC1. The summed E-state index contributed by atoms with van der Waals surface area (Å²) in [7, 11) is 0. The van der Waals surface area contributed by atoms with E-state index in [0.717, 1.165) is 5.92 Å². The molecule has 1 rings (SSSR count). The van der Waals surface area contributed by atoms with Crippen LogP contribution in [-0.4, -0.2) is 12.8 Å². The third-order valence-electron chi connectivity index (χ3n) is 2.24. The highest BCUT2D eigenvalue weighted by molar-refractivity contribution is 5.24. The van der Waals surface area contributed by atoms with E-state index in [-0.39, 0.29) is 0 Å². The predicted octanol–water partition coefficient (Wildman–Crippen LogP) is 2.27. The lowest BCUT2D eigenvalue weighted by Crippen LogP contribution is -2.14. The van der Waals surface area contributed by atoms with Crippen LogP contribution in [0.15, 0.2) is 4.99 Å². The fraction of sp³-hybridized carbons (Fsp3) is 0.875. The van der Waals surface area contributed by atoms with Crippen molar-refractivity contribution in [1.82, 2.24) is 0 Å². The normalized spacial score (nSPS) is 36.1. The van der Waals surface area contributed by atoms with Gasteiger partial charge in [0, 0.05) is 6.04 Å². The van der Waals surface area contributed by atoms with Crippen molar-refractivity contribution >= 4 is 6.72 Å². The molecule has 0 aromatic heterocycles. The van der Waals surface area contributed by atoms with Crippen molar-refractivity contribution in [3.8, 4) is 0 Å². The molecule has 1 heteroatoms. The summed E-state index contributed by atoms with van der Waals surface area (Å²) in [5.74, 6) is 0.933. The highest BCUT2D eigenvalue weighted by Crippen LogP contribution is 2.24. The molecule has 0 atom stereocenters. The van der Waals surface area contributed by atoms with Gasteiger partial charge in [-0.3, -0.25) is 4.99 Å². The second kappa shape index (κ2) is 3.00. The lowest BCUT2D eigenvalue weighted by molar-refractivity contribution is 0.350. The summed E-state index contributed by atoms with van der Waals surface area (Å²) < 4.78 is 0. The molecule has 1 fully saturated rings. The molecule has 1 nitrogen and oxygen atoms in total. The molecule has 0 bridgehead atoms. The van der Waals surface area contributed by atoms with E-state index in [1.54, 1.807) is 0 Å². The Morgan fingerprint density at radius 3 is 2.22 bits per heavy atom. The summed E-state index contributed by atoms with van der Waals surface area (Å²) in [4.78, 5) is 4.03. The third kappa shape index (κ3) is 1.81. The lowest BCUT2D eigenvalue weighted by atomic mass is 9.88. The van der Waals surface area contributed by atoms with Gasteiger partial charge in [-0.25, -0.2) is 0 Å². The molecule has 0 aromatic rings. The van der Waals surface area contributed by atoms with Gasteiger partial charge in [0.2, 0.25) is 0 Å². The van der Waals surface area contributed by atoms with E-state index in [2.05, 4.69) is 18.6 Å². The monoisotopic (exact) mass is 125 g/mol. The van der Waals surface area contributed by atoms with Crippen molar-refractivity contribution in [2.24, 2.45) is 10.9 Å². The molecule has 1 aliphatic rings. The minimum absolute atomic E-state index is 0.584. The van der Waals surface area contributed by atoms with Crippen LogP contribution in [0.4, 0.5) is 0 Å². The Morgan fingerprint density at radius 2 is 1.78 bits per heavy atom. The number of hydrogen-bond donors (Lipinski definition) is 0. The highest BCUT2D eigenvalue weighted by Gasteiger charge is 2.15. The van der Waals surface area contributed by atoms with Gasteiger partial charge in [0.05, 0.1) is 0 Å². The molecule has 52 valence electrons. The molecule has 0 saturated heterocycles. The predicted molar refractivity (Wildman–Crippen MR) is 41.0 cm³/mol. The van der Waals surface area contributed by atoms with Crippen LogP contribution in [-0.2, 0) is 0 Å². The molecule has 0 radical (unpaired) electrons. The second-order valence-corrected chi connectivity index (χ2v) is 3.10. The Hall–Kier alpha value is -0.330. The van der Waals surface area contributed by atoms with Crippen molar-refractivity contribution in [3.63, 3.8) is 0 Å². The fourth-order valence-corrected chi connectivity index (χ4v) is 1.43. The average molecular weight is 125 g/mol. The van der Waals surface area contributed by atoms with Crippen LogP contribution >= 0.6 is 0 Å². The highest BCUT2D eigenvalue weighted by atomic mass is 14.7. The molecule has 0 N–H and O–H groups in total. The number of nitrogens with zero attached hydrogens (tertiary/aromatic N) is 1. The first-order valence-corrected chi connectivity index (χ1v) is 3.78. The molecular weight excluding hydrogens is 110 g/mol. The van der Waals surface area contributed by atoms with E-state index >= 15 is 0 Å². The summed E-state index contributed by atoms with van der Waals surface area (Å²) >= 11 is 0. The van der Waals surface area contributed by atoms with E-state index < -0.39 is 0 Å². The van der Waals surface area contributed by atoms with Crippen LogP contribution in [0, 0.1) is 5.92 Å². The van der Waals surface area contributed by atoms with Gasteiger partial charge in [0.1, 0.15) is 0 Å². The zero-order valence-electron chi connectivity index (χ0n) is 6.14. The van der Waals surface area contributed by atoms with Crippen molar-refractivity contribution in [3.05, 3.63) is 0 Å². The van der Waals surface area contributed by atoms with E-state index in [4.69, 9.17) is 0 Å². The zero-order chi connectivity index (χ0) is 6.69. The molecule has 0 amide bonds. The van der Waals surface area contributed by atoms with Gasteiger partial charge in [0.25, 0.3) is 0 Å². The van der Waals surface area contributed by atoms with Crippen LogP contribution in [0.2, 0.25) is 0 Å². The van der Waals surface area contributed by atoms with Gasteiger partial charge in [-0.05, 0) is 38.3 Å². The Morgan fingerprint density at radius 1 is 1.22 bits per heavy atom. The van der Waals surface area contributed by atoms with Gasteiger partial charge in [0.15, 0.2) is 0 Å². The molecule has 0 unspecified atom stereocenters. The summed E-state index contributed by atoms with van der Waals surface area (Å²) in [5.41, 5.74) is 0. The molecule has 0 heterocycles. The van der Waals surface area contributed by atoms with E-state index in [0.29, 0.717) is 6.04 Å². The van der Waals surface area contributed by atoms with Crippen LogP contribution in [0.3, 0.4) is 0 Å². The van der Waals surface area contributed by atoms with E-state index in [9.17, 15) is 0 Å². The molecular formula is C8H15N. The largest absolute Gasteiger partial charge is 0.298 e.